The highest BCUT2D eigenvalue weighted by molar-refractivity contribution is 5.78. The van der Waals surface area contributed by atoms with Crippen LogP contribution in [0.15, 0.2) is 0 Å². The molecule has 0 aromatic rings. The molecule has 1 fully saturated rings. The topological polar surface area (TPSA) is 61.4 Å². The molecule has 1 saturated carbocycles. The molecule has 0 saturated heterocycles. The first kappa shape index (κ1) is 15.4. The van der Waals surface area contributed by atoms with Crippen molar-refractivity contribution in [3.63, 3.8) is 0 Å². The van der Waals surface area contributed by atoms with Crippen LogP contribution in [0.3, 0.4) is 0 Å². The molecule has 0 aromatic carbocycles. The summed E-state index contributed by atoms with van der Waals surface area (Å²) in [6.45, 7) is 5.39. The third kappa shape index (κ3) is 6.36. The van der Waals surface area contributed by atoms with Crippen LogP contribution < -0.4 is 10.6 Å². The first-order chi connectivity index (χ1) is 8.61. The number of hydrogen-bond acceptors (Lipinski definition) is 3. The van der Waals surface area contributed by atoms with Gasteiger partial charge in [-0.2, -0.15) is 0 Å². The molecule has 3 N–H and O–H groups in total. The van der Waals surface area contributed by atoms with E-state index < -0.39 is 0 Å². The summed E-state index contributed by atoms with van der Waals surface area (Å²) in [4.78, 5) is 11.6. The Morgan fingerprint density at radius 1 is 1.44 bits per heavy atom. The summed E-state index contributed by atoms with van der Waals surface area (Å²) >= 11 is 0. The summed E-state index contributed by atoms with van der Waals surface area (Å²) in [7, 11) is 0. The zero-order chi connectivity index (χ0) is 13.4. The van der Waals surface area contributed by atoms with Gasteiger partial charge in [-0.1, -0.05) is 19.8 Å². The number of nitrogens with one attached hydrogen (secondary N) is 2. The number of carbonyl (C=O) groups is 1. The predicted octanol–water partition coefficient (Wildman–Crippen LogP) is 1.43. The maximum Gasteiger partial charge on any atom is 0.234 e. The van der Waals surface area contributed by atoms with Crippen LogP contribution in [0, 0.1) is 5.92 Å². The van der Waals surface area contributed by atoms with Crippen LogP contribution in [0.2, 0.25) is 0 Å². The average molecular weight is 256 g/mol. The number of carbonyl (C=O) groups excluding carboxylic acids is 1. The molecule has 0 bridgehead atoms. The fourth-order valence-corrected chi connectivity index (χ4v) is 2.67. The normalized spacial score (nSPS) is 25.7. The van der Waals surface area contributed by atoms with Gasteiger partial charge in [-0.05, 0) is 45.1 Å². The van der Waals surface area contributed by atoms with Crippen LogP contribution in [0.25, 0.3) is 0 Å². The van der Waals surface area contributed by atoms with Crippen molar-refractivity contribution in [1.82, 2.24) is 10.6 Å². The lowest BCUT2D eigenvalue weighted by Crippen LogP contribution is -2.40. The van der Waals surface area contributed by atoms with E-state index in [0.29, 0.717) is 12.5 Å². The van der Waals surface area contributed by atoms with Gasteiger partial charge in [-0.15, -0.1) is 0 Å². The van der Waals surface area contributed by atoms with Crippen LogP contribution in [0.4, 0.5) is 0 Å². The SMILES string of the molecule is CCCC(C)NC(=O)CNCC1CCCC(O)C1. The summed E-state index contributed by atoms with van der Waals surface area (Å²) in [5.41, 5.74) is 0. The molecule has 18 heavy (non-hydrogen) atoms. The Morgan fingerprint density at radius 2 is 2.22 bits per heavy atom. The largest absolute Gasteiger partial charge is 0.393 e. The molecule has 3 unspecified atom stereocenters. The Bertz CT molecular complexity index is 246. The Hall–Kier alpha value is -0.610. The molecule has 4 nitrogen and oxygen atoms in total. The molecule has 0 aliphatic heterocycles. The van der Waals surface area contributed by atoms with E-state index in [-0.39, 0.29) is 18.1 Å². The van der Waals surface area contributed by atoms with Crippen LogP contribution in [0.1, 0.15) is 52.4 Å². The predicted molar refractivity (Wildman–Crippen MR) is 73.3 cm³/mol. The minimum absolute atomic E-state index is 0.0762. The van der Waals surface area contributed by atoms with Gasteiger partial charge in [0.15, 0.2) is 0 Å². The van der Waals surface area contributed by atoms with Crippen molar-refractivity contribution >= 4 is 5.91 Å². The van der Waals surface area contributed by atoms with Gasteiger partial charge in [0.25, 0.3) is 0 Å². The molecule has 0 heterocycles. The molecule has 106 valence electrons. The standard InChI is InChI=1S/C14H28N2O2/c1-3-5-11(2)16-14(18)10-15-9-12-6-4-7-13(17)8-12/h11-13,15,17H,3-10H2,1-2H3,(H,16,18). The second-order valence-corrected chi connectivity index (χ2v) is 5.57. The molecule has 1 amide bonds. The molecular formula is C14H28N2O2. The summed E-state index contributed by atoms with van der Waals surface area (Å²) < 4.78 is 0. The summed E-state index contributed by atoms with van der Waals surface area (Å²) in [6.07, 6.45) is 6.07. The lowest BCUT2D eigenvalue weighted by molar-refractivity contribution is -0.120. The van der Waals surface area contributed by atoms with Gasteiger partial charge in [-0.25, -0.2) is 0 Å². The maximum absolute atomic E-state index is 11.6. The third-order valence-electron chi connectivity index (χ3n) is 3.60. The van der Waals surface area contributed by atoms with Crippen molar-refractivity contribution < 1.29 is 9.90 Å². The minimum atomic E-state index is -0.135. The fourth-order valence-electron chi connectivity index (χ4n) is 2.67. The molecule has 0 spiro atoms. The monoisotopic (exact) mass is 256 g/mol. The summed E-state index contributed by atoms with van der Waals surface area (Å²) in [5.74, 6) is 0.599. The Morgan fingerprint density at radius 3 is 2.89 bits per heavy atom. The Labute approximate surface area is 111 Å². The molecular weight excluding hydrogens is 228 g/mol. The van der Waals surface area contributed by atoms with E-state index in [1.54, 1.807) is 0 Å². The van der Waals surface area contributed by atoms with E-state index in [0.717, 1.165) is 45.1 Å². The van der Waals surface area contributed by atoms with E-state index in [2.05, 4.69) is 17.6 Å². The Kier molecular flexibility index (Phi) is 7.28. The van der Waals surface area contributed by atoms with Crippen LogP contribution in [-0.4, -0.2) is 36.2 Å². The molecule has 3 atom stereocenters. The number of rotatable bonds is 7. The van der Waals surface area contributed by atoms with Crippen molar-refractivity contribution in [3.8, 4) is 0 Å². The smallest absolute Gasteiger partial charge is 0.234 e. The van der Waals surface area contributed by atoms with Crippen LogP contribution >= 0.6 is 0 Å². The minimum Gasteiger partial charge on any atom is -0.393 e. The highest BCUT2D eigenvalue weighted by atomic mass is 16.3. The number of hydrogen-bond donors (Lipinski definition) is 3. The van der Waals surface area contributed by atoms with Crippen molar-refractivity contribution in [3.05, 3.63) is 0 Å². The van der Waals surface area contributed by atoms with Gasteiger partial charge >= 0.3 is 0 Å². The molecule has 1 aliphatic rings. The second-order valence-electron chi connectivity index (χ2n) is 5.57. The molecule has 1 rings (SSSR count). The highest BCUT2D eigenvalue weighted by Crippen LogP contribution is 2.23. The van der Waals surface area contributed by atoms with Crippen LogP contribution in [0.5, 0.6) is 0 Å². The fraction of sp³-hybridized carbons (Fsp3) is 0.929. The summed E-state index contributed by atoms with van der Waals surface area (Å²) in [6, 6.07) is 0.265. The number of aliphatic hydroxyl groups is 1. The van der Waals surface area contributed by atoms with Gasteiger partial charge < -0.3 is 15.7 Å². The average Bonchev–Trinajstić information content (AvgIpc) is 2.29. The first-order valence-corrected chi connectivity index (χ1v) is 7.30. The Balaban J connectivity index is 2.07. The van der Waals surface area contributed by atoms with Crippen LogP contribution in [-0.2, 0) is 4.79 Å². The number of amides is 1. The van der Waals surface area contributed by atoms with Gasteiger partial charge in [0, 0.05) is 6.04 Å². The third-order valence-corrected chi connectivity index (χ3v) is 3.60. The van der Waals surface area contributed by atoms with E-state index in [4.69, 9.17) is 0 Å². The lowest BCUT2D eigenvalue weighted by Gasteiger charge is -2.26. The number of aliphatic hydroxyl groups excluding tert-OH is 1. The van der Waals surface area contributed by atoms with E-state index in [9.17, 15) is 9.90 Å². The van der Waals surface area contributed by atoms with E-state index in [1.807, 2.05) is 6.92 Å². The van der Waals surface area contributed by atoms with E-state index in [1.165, 1.54) is 0 Å². The van der Waals surface area contributed by atoms with Crippen molar-refractivity contribution in [1.29, 1.82) is 0 Å². The van der Waals surface area contributed by atoms with Crippen molar-refractivity contribution in [2.75, 3.05) is 13.1 Å². The van der Waals surface area contributed by atoms with Crippen molar-refractivity contribution in [2.24, 2.45) is 5.92 Å². The molecule has 1 aliphatic carbocycles. The lowest BCUT2D eigenvalue weighted by atomic mass is 9.87. The maximum atomic E-state index is 11.6. The molecule has 4 heteroatoms. The first-order valence-electron chi connectivity index (χ1n) is 7.30. The second kappa shape index (κ2) is 8.48. The van der Waals surface area contributed by atoms with Gasteiger partial charge in [0.2, 0.25) is 5.91 Å². The van der Waals surface area contributed by atoms with E-state index >= 15 is 0 Å². The molecule has 0 radical (unpaired) electrons. The quantitative estimate of drug-likeness (QED) is 0.646. The van der Waals surface area contributed by atoms with Gasteiger partial charge in [0.1, 0.15) is 0 Å². The van der Waals surface area contributed by atoms with Gasteiger partial charge in [-0.3, -0.25) is 4.79 Å². The molecule has 0 aromatic heterocycles. The van der Waals surface area contributed by atoms with Gasteiger partial charge in [0.05, 0.1) is 12.6 Å². The zero-order valence-corrected chi connectivity index (χ0v) is 11.7. The highest BCUT2D eigenvalue weighted by Gasteiger charge is 2.19. The van der Waals surface area contributed by atoms with Crippen molar-refractivity contribution in [2.45, 2.75) is 64.5 Å². The summed E-state index contributed by atoms with van der Waals surface area (Å²) in [5, 5.41) is 15.7. The zero-order valence-electron chi connectivity index (χ0n) is 11.7.